The van der Waals surface area contributed by atoms with Crippen LogP contribution in [-0.4, -0.2) is 21.0 Å². The fraction of sp³-hybridized carbons (Fsp3) is 0.200. The molecule has 1 aliphatic heterocycles. The van der Waals surface area contributed by atoms with Gasteiger partial charge >= 0.3 is 0 Å². The van der Waals surface area contributed by atoms with Gasteiger partial charge in [0, 0.05) is 24.4 Å². The lowest BCUT2D eigenvalue weighted by Gasteiger charge is -2.07. The first kappa shape index (κ1) is 18.4. The average Bonchev–Trinajstić information content (AvgIpc) is 3.41. The van der Waals surface area contributed by atoms with Crippen LogP contribution in [0.5, 0.6) is 0 Å². The van der Waals surface area contributed by atoms with Gasteiger partial charge in [-0.3, -0.25) is 9.98 Å². The van der Waals surface area contributed by atoms with Crippen LogP contribution in [0.25, 0.3) is 22.3 Å². The number of benzene rings is 2. The molecule has 148 valence electrons. The van der Waals surface area contributed by atoms with Gasteiger partial charge < -0.3 is 0 Å². The summed E-state index contributed by atoms with van der Waals surface area (Å²) in [6.45, 7) is 4.49. The van der Waals surface area contributed by atoms with Crippen molar-refractivity contribution in [2.75, 3.05) is 0 Å². The van der Waals surface area contributed by atoms with Crippen molar-refractivity contribution in [3.63, 3.8) is 0 Å². The molecule has 3 heterocycles. The lowest BCUT2D eigenvalue weighted by atomic mass is 9.95. The number of pyridine rings is 1. The normalized spacial score (nSPS) is 14.0. The van der Waals surface area contributed by atoms with E-state index < -0.39 is 0 Å². The van der Waals surface area contributed by atoms with Crippen molar-refractivity contribution in [2.24, 2.45) is 10.9 Å². The fourth-order valence-corrected chi connectivity index (χ4v) is 3.92. The van der Waals surface area contributed by atoms with Gasteiger partial charge in [0.2, 0.25) is 0 Å². The third-order valence-electron chi connectivity index (χ3n) is 5.36. The van der Waals surface area contributed by atoms with E-state index in [0.717, 1.165) is 52.0 Å². The topological polar surface area (TPSA) is 64.2 Å². The van der Waals surface area contributed by atoms with Crippen molar-refractivity contribution in [3.05, 3.63) is 89.2 Å². The minimum atomic E-state index is 0.646. The number of hydrogen-bond acceptors (Lipinski definition) is 5. The minimum absolute atomic E-state index is 0.646. The molecule has 2 aromatic heterocycles. The van der Waals surface area contributed by atoms with Crippen LogP contribution in [0.1, 0.15) is 42.5 Å². The maximum atomic E-state index is 5.07. The Morgan fingerprint density at radius 1 is 0.833 bits per heavy atom. The molecule has 0 bridgehead atoms. The largest absolute Gasteiger partial charge is 0.265 e. The molecule has 0 radical (unpaired) electrons. The van der Waals surface area contributed by atoms with Gasteiger partial charge in [0.1, 0.15) is 11.0 Å². The van der Waals surface area contributed by atoms with Crippen molar-refractivity contribution < 1.29 is 4.63 Å². The molecule has 30 heavy (non-hydrogen) atoms. The van der Waals surface area contributed by atoms with Crippen molar-refractivity contribution >= 4 is 28.0 Å². The van der Waals surface area contributed by atoms with Crippen LogP contribution in [0.4, 0.5) is 0 Å². The molecule has 0 fully saturated rings. The van der Waals surface area contributed by atoms with Crippen LogP contribution >= 0.6 is 0 Å². The zero-order valence-corrected chi connectivity index (χ0v) is 17.0. The highest BCUT2D eigenvalue weighted by molar-refractivity contribution is 6.17. The second-order valence-corrected chi connectivity index (χ2v) is 8.06. The first-order chi connectivity index (χ1) is 14.7. The quantitative estimate of drug-likeness (QED) is 0.443. The third-order valence-corrected chi connectivity index (χ3v) is 5.36. The summed E-state index contributed by atoms with van der Waals surface area (Å²) in [5.74, 6) is 0.646. The molecule has 0 unspecified atom stereocenters. The van der Waals surface area contributed by atoms with Crippen LogP contribution < -0.4 is 0 Å². The van der Waals surface area contributed by atoms with E-state index in [4.69, 9.17) is 9.62 Å². The van der Waals surface area contributed by atoms with Gasteiger partial charge in [0.25, 0.3) is 0 Å². The van der Waals surface area contributed by atoms with Crippen LogP contribution in [-0.2, 0) is 6.42 Å². The van der Waals surface area contributed by atoms with E-state index in [0.29, 0.717) is 5.92 Å². The molecule has 1 aliphatic rings. The third kappa shape index (κ3) is 3.54. The van der Waals surface area contributed by atoms with E-state index in [2.05, 4.69) is 53.4 Å². The molecule has 0 aliphatic carbocycles. The number of aromatic nitrogens is 3. The molecular weight excluding hydrogens is 372 g/mol. The fourth-order valence-electron chi connectivity index (χ4n) is 3.92. The first-order valence-electron chi connectivity index (χ1n) is 10.2. The second kappa shape index (κ2) is 7.67. The predicted octanol–water partition coefficient (Wildman–Crippen LogP) is 5.58. The zero-order chi connectivity index (χ0) is 20.5. The van der Waals surface area contributed by atoms with Gasteiger partial charge in [-0.2, -0.15) is 0 Å². The predicted molar refractivity (Wildman–Crippen MR) is 119 cm³/mol. The number of aliphatic imine (C=N–C) groups is 1. The van der Waals surface area contributed by atoms with Gasteiger partial charge in [0.05, 0.1) is 11.4 Å². The van der Waals surface area contributed by atoms with Crippen LogP contribution in [0, 0.1) is 5.92 Å². The highest BCUT2D eigenvalue weighted by Gasteiger charge is 2.22. The Balaban J connectivity index is 1.55. The van der Waals surface area contributed by atoms with E-state index in [1.54, 1.807) is 0 Å². The van der Waals surface area contributed by atoms with Crippen molar-refractivity contribution in [1.82, 2.24) is 15.3 Å². The summed E-state index contributed by atoms with van der Waals surface area (Å²) in [7, 11) is 0. The molecule has 4 aromatic rings. The van der Waals surface area contributed by atoms with Gasteiger partial charge in [-0.05, 0) is 69.2 Å². The van der Waals surface area contributed by atoms with Crippen LogP contribution in [0.15, 0.2) is 76.6 Å². The summed E-state index contributed by atoms with van der Waals surface area (Å²) < 4.78 is 4.86. The number of fused-ring (bicyclic) bond motifs is 1. The molecule has 0 atom stereocenters. The number of rotatable bonds is 5. The van der Waals surface area contributed by atoms with Crippen molar-refractivity contribution in [3.8, 4) is 0 Å². The molecule has 0 saturated heterocycles. The van der Waals surface area contributed by atoms with Crippen molar-refractivity contribution in [2.45, 2.75) is 26.7 Å². The van der Waals surface area contributed by atoms with E-state index in [1.807, 2.05) is 42.7 Å². The Hall–Kier alpha value is -3.60. The molecular formula is C25H22N4O. The zero-order valence-electron chi connectivity index (χ0n) is 17.0. The smallest absolute Gasteiger partial charge is 0.135 e. The standard InChI is InChI=1S/C25H22N4O/c1-16(2)13-17-3-5-19(6-4-17)23-15-21(18-9-11-26-12-10-18)25(27-23)20-7-8-22-24(14-20)29-30-28-22/h3-12,14,16H,13,15H2,1-2H3. The highest BCUT2D eigenvalue weighted by atomic mass is 16.6. The molecule has 0 amide bonds. The average molecular weight is 394 g/mol. The molecule has 2 aromatic carbocycles. The first-order valence-corrected chi connectivity index (χ1v) is 10.2. The Morgan fingerprint density at radius 3 is 2.33 bits per heavy atom. The number of hydrogen-bond donors (Lipinski definition) is 0. The Labute approximate surface area is 175 Å². The molecule has 5 rings (SSSR count). The van der Waals surface area contributed by atoms with E-state index in [1.165, 1.54) is 11.1 Å². The SMILES string of the molecule is CC(C)Cc1ccc(C2=NC(c3ccc4nonc4c3)=C(c3ccncc3)C2)cc1. The summed E-state index contributed by atoms with van der Waals surface area (Å²) in [4.78, 5) is 9.23. The molecule has 5 heteroatoms. The molecule has 0 N–H and O–H groups in total. The molecule has 0 saturated carbocycles. The Bertz CT molecular complexity index is 1250. The summed E-state index contributed by atoms with van der Waals surface area (Å²) >= 11 is 0. The van der Waals surface area contributed by atoms with Crippen LogP contribution in [0.3, 0.4) is 0 Å². The summed E-state index contributed by atoms with van der Waals surface area (Å²) in [6, 6.07) is 18.8. The van der Waals surface area contributed by atoms with E-state index >= 15 is 0 Å². The lowest BCUT2D eigenvalue weighted by Crippen LogP contribution is -2.00. The minimum Gasteiger partial charge on any atom is -0.265 e. The van der Waals surface area contributed by atoms with Gasteiger partial charge in [0.15, 0.2) is 0 Å². The Kier molecular flexibility index (Phi) is 4.71. The van der Waals surface area contributed by atoms with Gasteiger partial charge in [-0.1, -0.05) is 44.2 Å². The van der Waals surface area contributed by atoms with Gasteiger partial charge in [-0.15, -0.1) is 0 Å². The summed E-state index contributed by atoms with van der Waals surface area (Å²) in [6.07, 6.45) is 5.51. The molecule has 5 nitrogen and oxygen atoms in total. The van der Waals surface area contributed by atoms with E-state index in [-0.39, 0.29) is 0 Å². The second-order valence-electron chi connectivity index (χ2n) is 8.06. The van der Waals surface area contributed by atoms with Gasteiger partial charge in [-0.25, -0.2) is 4.63 Å². The lowest BCUT2D eigenvalue weighted by molar-refractivity contribution is 0.315. The Morgan fingerprint density at radius 2 is 1.57 bits per heavy atom. The molecule has 0 spiro atoms. The summed E-state index contributed by atoms with van der Waals surface area (Å²) in [5.41, 5.74) is 9.37. The van der Waals surface area contributed by atoms with E-state index in [9.17, 15) is 0 Å². The summed E-state index contributed by atoms with van der Waals surface area (Å²) in [5, 5.41) is 7.90. The van der Waals surface area contributed by atoms with Crippen LogP contribution in [0.2, 0.25) is 0 Å². The number of allylic oxidation sites excluding steroid dienone is 1. The monoisotopic (exact) mass is 394 g/mol. The van der Waals surface area contributed by atoms with Crippen molar-refractivity contribution in [1.29, 1.82) is 0 Å². The highest BCUT2D eigenvalue weighted by Crippen LogP contribution is 2.37. The maximum absolute atomic E-state index is 5.07. The number of nitrogens with zero attached hydrogens (tertiary/aromatic N) is 4. The maximum Gasteiger partial charge on any atom is 0.135 e.